The van der Waals surface area contributed by atoms with E-state index in [2.05, 4.69) is 29.1 Å². The number of halogens is 3. The Bertz CT molecular complexity index is 1370. The molecule has 2 aromatic heterocycles. The van der Waals surface area contributed by atoms with E-state index in [0.717, 1.165) is 55.5 Å². The molecule has 39 heavy (non-hydrogen) atoms. The average molecular weight is 539 g/mol. The van der Waals surface area contributed by atoms with Crippen LogP contribution in [0.5, 0.6) is 0 Å². The fraction of sp³-hybridized carbons (Fsp3) is 0.433. The number of rotatable bonds is 6. The van der Waals surface area contributed by atoms with Gasteiger partial charge in [0.25, 0.3) is 5.91 Å². The first-order chi connectivity index (χ1) is 18.6. The minimum absolute atomic E-state index is 0.0513. The zero-order valence-electron chi connectivity index (χ0n) is 22.1. The molecular formula is C30H33F3N4O2. The maximum Gasteiger partial charge on any atom is 0.274 e. The molecule has 1 aromatic carbocycles. The number of hydrogen-bond acceptors (Lipinski definition) is 5. The lowest BCUT2D eigenvalue weighted by atomic mass is 9.72. The van der Waals surface area contributed by atoms with Crippen LogP contribution in [0.1, 0.15) is 79.9 Å². The molecule has 0 unspecified atom stereocenters. The summed E-state index contributed by atoms with van der Waals surface area (Å²) >= 11 is 0. The van der Waals surface area contributed by atoms with E-state index in [1.807, 2.05) is 6.07 Å². The van der Waals surface area contributed by atoms with Gasteiger partial charge in [0.2, 0.25) is 0 Å². The van der Waals surface area contributed by atoms with Crippen LogP contribution in [0.15, 0.2) is 42.7 Å². The van der Waals surface area contributed by atoms with Crippen molar-refractivity contribution >= 4 is 11.6 Å². The van der Waals surface area contributed by atoms with E-state index in [1.165, 1.54) is 0 Å². The predicted octanol–water partition coefficient (Wildman–Crippen LogP) is 6.05. The summed E-state index contributed by atoms with van der Waals surface area (Å²) in [7, 11) is 0. The van der Waals surface area contributed by atoms with Crippen molar-refractivity contribution < 1.29 is 23.1 Å². The smallest absolute Gasteiger partial charge is 0.274 e. The van der Waals surface area contributed by atoms with Gasteiger partial charge in [-0.25, -0.2) is 18.2 Å². The average Bonchev–Trinajstić information content (AvgIpc) is 2.87. The van der Waals surface area contributed by atoms with Crippen LogP contribution in [0.25, 0.3) is 11.3 Å². The predicted molar refractivity (Wildman–Crippen MR) is 142 cm³/mol. The van der Waals surface area contributed by atoms with Gasteiger partial charge in [0.1, 0.15) is 28.8 Å². The normalized spacial score (nSPS) is 22.4. The van der Waals surface area contributed by atoms with E-state index in [-0.39, 0.29) is 23.2 Å². The van der Waals surface area contributed by atoms with Crippen LogP contribution < -0.4 is 11.1 Å². The molecule has 0 radical (unpaired) electrons. The van der Waals surface area contributed by atoms with Crippen molar-refractivity contribution in [2.24, 2.45) is 17.6 Å². The molecule has 5 rings (SSSR count). The molecule has 2 aliphatic rings. The van der Waals surface area contributed by atoms with Gasteiger partial charge in [0.05, 0.1) is 23.0 Å². The van der Waals surface area contributed by atoms with Gasteiger partial charge in [0, 0.05) is 12.2 Å². The number of nitrogens with two attached hydrogens (primary N) is 1. The molecule has 0 aliphatic heterocycles. The number of anilines is 1. The molecule has 206 valence electrons. The highest BCUT2D eigenvalue weighted by molar-refractivity contribution is 6.03. The molecule has 1 amide bonds. The molecule has 2 saturated carbocycles. The number of nitrogens with one attached hydrogen (secondary N) is 1. The third kappa shape index (κ3) is 5.43. The number of pyridine rings is 2. The lowest BCUT2D eigenvalue weighted by Gasteiger charge is -2.37. The molecule has 3 aromatic rings. The number of aromatic nitrogens is 2. The summed E-state index contributed by atoms with van der Waals surface area (Å²) in [5, 5.41) is 13.3. The van der Waals surface area contributed by atoms with Crippen LogP contribution in [0.2, 0.25) is 0 Å². The molecule has 0 spiro atoms. The van der Waals surface area contributed by atoms with Gasteiger partial charge < -0.3 is 16.2 Å². The lowest BCUT2D eigenvalue weighted by molar-refractivity contribution is -0.0392. The Balaban J connectivity index is 1.42. The van der Waals surface area contributed by atoms with Crippen LogP contribution >= 0.6 is 0 Å². The molecule has 2 heterocycles. The van der Waals surface area contributed by atoms with Crippen LogP contribution in [0.4, 0.5) is 18.9 Å². The topological polar surface area (TPSA) is 101 Å². The van der Waals surface area contributed by atoms with Crippen molar-refractivity contribution in [2.45, 2.75) is 69.9 Å². The Morgan fingerprint density at radius 1 is 1.08 bits per heavy atom. The lowest BCUT2D eigenvalue weighted by Crippen LogP contribution is -2.34. The van der Waals surface area contributed by atoms with Crippen molar-refractivity contribution in [3.05, 3.63) is 77.0 Å². The quantitative estimate of drug-likeness (QED) is 0.355. The summed E-state index contributed by atoms with van der Waals surface area (Å²) < 4.78 is 44.9. The third-order valence-corrected chi connectivity index (χ3v) is 8.34. The Morgan fingerprint density at radius 2 is 1.79 bits per heavy atom. The number of carbonyl (C=O) groups excluding carboxylic acids is 1. The maximum absolute atomic E-state index is 15.0. The fourth-order valence-corrected chi connectivity index (χ4v) is 5.87. The molecule has 2 fully saturated rings. The maximum atomic E-state index is 15.0. The minimum atomic E-state index is -1.28. The molecule has 4 N–H and O–H groups in total. The zero-order valence-corrected chi connectivity index (χ0v) is 22.1. The molecule has 9 heteroatoms. The Kier molecular flexibility index (Phi) is 7.48. The standard InChI is InChI=1S/C30H33F3N4O2/c1-16(2)17-10-18(12-20(34)11-17)21-6-9-35-15-26(21)37-29(38)25-5-4-22(31)28(36-25)27-23(32)13-19(14-24(27)33)30(39)7-3-8-30/h4-6,9,13-18,20,39H,3,7-8,10-12,34H2,1-2H3,(H,37,38)/t17-,18+,20-/m0/s1. The van der Waals surface area contributed by atoms with E-state index in [9.17, 15) is 14.3 Å². The Labute approximate surface area is 225 Å². The number of aliphatic hydroxyl groups is 1. The summed E-state index contributed by atoms with van der Waals surface area (Å²) in [4.78, 5) is 21.4. The van der Waals surface area contributed by atoms with Gasteiger partial charge >= 0.3 is 0 Å². The SMILES string of the molecule is CC(C)[C@@H]1C[C@H](N)C[C@H](c2ccncc2NC(=O)c2ccc(F)c(-c3c(F)cc(C4(O)CCC4)cc3F)n2)C1. The second kappa shape index (κ2) is 10.7. The first-order valence-corrected chi connectivity index (χ1v) is 13.5. The van der Waals surface area contributed by atoms with Crippen LogP contribution in [0.3, 0.4) is 0 Å². The van der Waals surface area contributed by atoms with Gasteiger partial charge in [-0.05, 0) is 97.7 Å². The van der Waals surface area contributed by atoms with Crippen molar-refractivity contribution in [3.63, 3.8) is 0 Å². The highest BCUT2D eigenvalue weighted by Gasteiger charge is 2.38. The molecule has 2 aliphatic carbocycles. The highest BCUT2D eigenvalue weighted by atomic mass is 19.1. The van der Waals surface area contributed by atoms with E-state index in [1.54, 1.807) is 12.4 Å². The van der Waals surface area contributed by atoms with Crippen LogP contribution in [-0.4, -0.2) is 27.0 Å². The molecular weight excluding hydrogens is 505 g/mol. The zero-order chi connectivity index (χ0) is 27.9. The van der Waals surface area contributed by atoms with E-state index in [4.69, 9.17) is 5.73 Å². The number of amides is 1. The highest BCUT2D eigenvalue weighted by Crippen LogP contribution is 2.43. The Morgan fingerprint density at radius 3 is 2.44 bits per heavy atom. The molecule has 0 saturated heterocycles. The van der Waals surface area contributed by atoms with Gasteiger partial charge in [-0.15, -0.1) is 0 Å². The monoisotopic (exact) mass is 538 g/mol. The van der Waals surface area contributed by atoms with Gasteiger partial charge in [-0.1, -0.05) is 13.8 Å². The van der Waals surface area contributed by atoms with Crippen LogP contribution in [0, 0.1) is 29.3 Å². The summed E-state index contributed by atoms with van der Waals surface area (Å²) in [6.07, 6.45) is 7.42. The van der Waals surface area contributed by atoms with E-state index in [0.29, 0.717) is 30.4 Å². The van der Waals surface area contributed by atoms with E-state index < -0.39 is 40.2 Å². The van der Waals surface area contributed by atoms with Crippen molar-refractivity contribution in [1.29, 1.82) is 0 Å². The third-order valence-electron chi connectivity index (χ3n) is 8.34. The molecule has 6 nitrogen and oxygen atoms in total. The first-order valence-electron chi connectivity index (χ1n) is 13.5. The number of carbonyl (C=O) groups is 1. The number of hydrogen-bond donors (Lipinski definition) is 3. The van der Waals surface area contributed by atoms with Crippen molar-refractivity contribution in [2.75, 3.05) is 5.32 Å². The molecule has 3 atom stereocenters. The summed E-state index contributed by atoms with van der Waals surface area (Å²) in [5.74, 6) is -2.69. The minimum Gasteiger partial charge on any atom is -0.385 e. The van der Waals surface area contributed by atoms with Gasteiger partial charge in [0.15, 0.2) is 0 Å². The van der Waals surface area contributed by atoms with Crippen molar-refractivity contribution in [3.8, 4) is 11.3 Å². The summed E-state index contributed by atoms with van der Waals surface area (Å²) in [6.45, 7) is 4.36. The van der Waals surface area contributed by atoms with Crippen molar-refractivity contribution in [1.82, 2.24) is 9.97 Å². The largest absolute Gasteiger partial charge is 0.385 e. The second-order valence-corrected chi connectivity index (χ2v) is 11.3. The second-order valence-electron chi connectivity index (χ2n) is 11.3. The Hall–Kier alpha value is -3.30. The van der Waals surface area contributed by atoms with Gasteiger partial charge in [-0.2, -0.15) is 0 Å². The molecule has 0 bridgehead atoms. The summed E-state index contributed by atoms with van der Waals surface area (Å²) in [6, 6.07) is 6.05. The number of nitrogens with zero attached hydrogens (tertiary/aromatic N) is 2. The van der Waals surface area contributed by atoms with E-state index >= 15 is 8.78 Å². The first kappa shape index (κ1) is 27.3. The van der Waals surface area contributed by atoms with Crippen LogP contribution in [-0.2, 0) is 5.60 Å². The fourth-order valence-electron chi connectivity index (χ4n) is 5.87. The summed E-state index contributed by atoms with van der Waals surface area (Å²) in [5.41, 5.74) is 5.07. The van der Waals surface area contributed by atoms with Gasteiger partial charge in [-0.3, -0.25) is 9.78 Å². The number of benzene rings is 1.